The standard InChI is InChI=1S/C23H26N2O4S/c1-29-18-8-6-17(7-9-18)20(21-14-24-22-5-3-2-4-19(21)22)13-25-23(26)12-16-10-11-30(27,28)15-16/h2-9,14,16,20,24H,10-13,15H2,1H3,(H,25,26). The van der Waals surface area contributed by atoms with Crippen LogP contribution in [0.5, 0.6) is 5.75 Å². The van der Waals surface area contributed by atoms with E-state index in [0.29, 0.717) is 13.0 Å². The van der Waals surface area contributed by atoms with Crippen LogP contribution < -0.4 is 10.1 Å². The highest BCUT2D eigenvalue weighted by atomic mass is 32.2. The maximum Gasteiger partial charge on any atom is 0.220 e. The van der Waals surface area contributed by atoms with Gasteiger partial charge in [0.2, 0.25) is 5.91 Å². The average Bonchev–Trinajstić information content (AvgIpc) is 3.31. The third-order valence-corrected chi connectivity index (χ3v) is 7.66. The van der Waals surface area contributed by atoms with Crippen molar-refractivity contribution < 1.29 is 17.9 Å². The number of carbonyl (C=O) groups excluding carboxylic acids is 1. The third kappa shape index (κ3) is 4.51. The van der Waals surface area contributed by atoms with E-state index in [4.69, 9.17) is 4.74 Å². The summed E-state index contributed by atoms with van der Waals surface area (Å²) < 4.78 is 28.6. The predicted molar refractivity (Wildman–Crippen MR) is 118 cm³/mol. The number of hydrogen-bond donors (Lipinski definition) is 2. The van der Waals surface area contributed by atoms with Gasteiger partial charge in [0.15, 0.2) is 9.84 Å². The Morgan fingerprint density at radius 2 is 1.97 bits per heavy atom. The van der Waals surface area contributed by atoms with Gasteiger partial charge >= 0.3 is 0 Å². The Morgan fingerprint density at radius 1 is 1.20 bits per heavy atom. The minimum atomic E-state index is -2.98. The molecule has 6 nitrogen and oxygen atoms in total. The second-order valence-corrected chi connectivity index (χ2v) is 10.1. The fourth-order valence-electron chi connectivity index (χ4n) is 4.21. The monoisotopic (exact) mass is 426 g/mol. The van der Waals surface area contributed by atoms with Gasteiger partial charge in [-0.25, -0.2) is 8.42 Å². The number of methoxy groups -OCH3 is 1. The molecule has 158 valence electrons. The zero-order valence-corrected chi connectivity index (χ0v) is 17.7. The molecule has 1 amide bonds. The number of aromatic amines is 1. The summed E-state index contributed by atoms with van der Waals surface area (Å²) in [4.78, 5) is 15.9. The molecule has 30 heavy (non-hydrogen) atoms. The first kappa shape index (κ1) is 20.5. The van der Waals surface area contributed by atoms with Gasteiger partial charge in [-0.3, -0.25) is 4.79 Å². The number of H-pyrrole nitrogens is 1. The molecule has 2 heterocycles. The van der Waals surface area contributed by atoms with E-state index in [1.807, 2.05) is 48.7 Å². The van der Waals surface area contributed by atoms with Crippen LogP contribution in [0.1, 0.15) is 29.9 Å². The van der Waals surface area contributed by atoms with Crippen LogP contribution in [0.15, 0.2) is 54.7 Å². The van der Waals surface area contributed by atoms with Crippen LogP contribution in [0.4, 0.5) is 0 Å². The number of amides is 1. The van der Waals surface area contributed by atoms with Gasteiger partial charge < -0.3 is 15.0 Å². The summed E-state index contributed by atoms with van der Waals surface area (Å²) in [5, 5.41) is 4.16. The molecule has 0 saturated carbocycles. The molecule has 0 radical (unpaired) electrons. The fourth-order valence-corrected chi connectivity index (χ4v) is 6.07. The second-order valence-electron chi connectivity index (χ2n) is 7.89. The minimum Gasteiger partial charge on any atom is -0.497 e. The topological polar surface area (TPSA) is 88.3 Å². The Bertz CT molecular complexity index is 1140. The molecular weight excluding hydrogens is 400 g/mol. The van der Waals surface area contributed by atoms with E-state index in [-0.39, 0.29) is 35.7 Å². The van der Waals surface area contributed by atoms with Gasteiger partial charge in [-0.05, 0) is 41.7 Å². The molecule has 1 aliphatic heterocycles. The molecule has 1 saturated heterocycles. The highest BCUT2D eigenvalue weighted by Gasteiger charge is 2.29. The number of benzene rings is 2. The molecule has 2 unspecified atom stereocenters. The summed E-state index contributed by atoms with van der Waals surface area (Å²) in [6.07, 6.45) is 2.82. The Hall–Kier alpha value is -2.80. The van der Waals surface area contributed by atoms with Crippen LogP contribution in [0.3, 0.4) is 0 Å². The molecule has 4 rings (SSSR count). The lowest BCUT2D eigenvalue weighted by Gasteiger charge is -2.19. The Morgan fingerprint density at radius 3 is 2.67 bits per heavy atom. The molecule has 7 heteroatoms. The molecule has 1 aliphatic rings. The van der Waals surface area contributed by atoms with Crippen molar-refractivity contribution in [3.8, 4) is 5.75 Å². The Kier molecular flexibility index (Phi) is 5.81. The van der Waals surface area contributed by atoms with Crippen LogP contribution in [0, 0.1) is 5.92 Å². The summed E-state index contributed by atoms with van der Waals surface area (Å²) >= 11 is 0. The van der Waals surface area contributed by atoms with Crippen LogP contribution >= 0.6 is 0 Å². The number of rotatable bonds is 7. The predicted octanol–water partition coefficient (Wildman–Crippen LogP) is 3.25. The molecule has 2 aromatic carbocycles. The summed E-state index contributed by atoms with van der Waals surface area (Å²) in [7, 11) is -1.34. The van der Waals surface area contributed by atoms with E-state index in [1.54, 1.807) is 7.11 Å². The first-order valence-corrected chi connectivity index (χ1v) is 11.9. The number of sulfone groups is 1. The lowest BCUT2D eigenvalue weighted by molar-refractivity contribution is -0.121. The molecule has 2 atom stereocenters. The summed E-state index contributed by atoms with van der Waals surface area (Å²) in [6, 6.07) is 16.0. The fraction of sp³-hybridized carbons (Fsp3) is 0.348. The molecular formula is C23H26N2O4S. The van der Waals surface area contributed by atoms with Gasteiger partial charge in [0.05, 0.1) is 18.6 Å². The largest absolute Gasteiger partial charge is 0.497 e. The third-order valence-electron chi connectivity index (χ3n) is 5.82. The lowest BCUT2D eigenvalue weighted by atomic mass is 9.90. The number of nitrogens with one attached hydrogen (secondary N) is 2. The molecule has 0 spiro atoms. The molecule has 3 aromatic rings. The normalized spacial score (nSPS) is 18.9. The van der Waals surface area contributed by atoms with E-state index in [9.17, 15) is 13.2 Å². The van der Waals surface area contributed by atoms with Gasteiger partial charge in [-0.2, -0.15) is 0 Å². The van der Waals surface area contributed by atoms with Crippen molar-refractivity contribution >= 4 is 26.6 Å². The van der Waals surface area contributed by atoms with E-state index in [0.717, 1.165) is 27.8 Å². The van der Waals surface area contributed by atoms with Gasteiger partial charge in [-0.1, -0.05) is 30.3 Å². The van der Waals surface area contributed by atoms with E-state index >= 15 is 0 Å². The minimum absolute atomic E-state index is 0.0386. The number of ether oxygens (including phenoxy) is 1. The maximum atomic E-state index is 12.5. The van der Waals surface area contributed by atoms with Crippen molar-refractivity contribution in [2.45, 2.75) is 18.8 Å². The van der Waals surface area contributed by atoms with Crippen molar-refractivity contribution in [3.05, 3.63) is 65.9 Å². The van der Waals surface area contributed by atoms with E-state index in [1.165, 1.54) is 0 Å². The smallest absolute Gasteiger partial charge is 0.220 e. The molecule has 2 N–H and O–H groups in total. The van der Waals surface area contributed by atoms with Gasteiger partial charge in [0.1, 0.15) is 5.75 Å². The SMILES string of the molecule is COc1ccc(C(CNC(=O)CC2CCS(=O)(=O)C2)c2c[nH]c3ccccc23)cc1. The molecule has 0 bridgehead atoms. The summed E-state index contributed by atoms with van der Waals surface area (Å²) in [5.41, 5.74) is 3.23. The van der Waals surface area contributed by atoms with Gasteiger partial charge in [0.25, 0.3) is 0 Å². The van der Waals surface area contributed by atoms with Crippen LogP contribution in [-0.2, 0) is 14.6 Å². The zero-order chi connectivity index (χ0) is 21.1. The van der Waals surface area contributed by atoms with Crippen molar-refractivity contribution in [1.29, 1.82) is 0 Å². The second kappa shape index (κ2) is 8.52. The maximum absolute atomic E-state index is 12.5. The molecule has 1 fully saturated rings. The zero-order valence-electron chi connectivity index (χ0n) is 16.9. The number of carbonyl (C=O) groups is 1. The highest BCUT2D eigenvalue weighted by Crippen LogP contribution is 2.31. The number of hydrogen-bond acceptors (Lipinski definition) is 4. The highest BCUT2D eigenvalue weighted by molar-refractivity contribution is 7.91. The van der Waals surface area contributed by atoms with Crippen molar-refractivity contribution in [2.75, 3.05) is 25.2 Å². The molecule has 0 aliphatic carbocycles. The first-order valence-electron chi connectivity index (χ1n) is 10.1. The van der Waals surface area contributed by atoms with E-state index < -0.39 is 9.84 Å². The van der Waals surface area contributed by atoms with Crippen LogP contribution in [0.25, 0.3) is 10.9 Å². The van der Waals surface area contributed by atoms with Crippen molar-refractivity contribution in [3.63, 3.8) is 0 Å². The molecule has 1 aromatic heterocycles. The quantitative estimate of drug-likeness (QED) is 0.607. The summed E-state index contributed by atoms with van der Waals surface area (Å²) in [5.74, 6) is 0.865. The first-order chi connectivity index (χ1) is 14.4. The van der Waals surface area contributed by atoms with Gasteiger partial charge in [0, 0.05) is 36.0 Å². The summed E-state index contributed by atoms with van der Waals surface area (Å²) in [6.45, 7) is 0.437. The lowest BCUT2D eigenvalue weighted by Crippen LogP contribution is -2.30. The Balaban J connectivity index is 1.54. The van der Waals surface area contributed by atoms with Crippen molar-refractivity contribution in [1.82, 2.24) is 10.3 Å². The van der Waals surface area contributed by atoms with Gasteiger partial charge in [-0.15, -0.1) is 0 Å². The number of para-hydroxylation sites is 1. The van der Waals surface area contributed by atoms with Crippen LogP contribution in [-0.4, -0.2) is 44.5 Å². The number of fused-ring (bicyclic) bond motifs is 1. The van der Waals surface area contributed by atoms with Crippen molar-refractivity contribution in [2.24, 2.45) is 5.92 Å². The van der Waals surface area contributed by atoms with Crippen LogP contribution in [0.2, 0.25) is 0 Å². The number of aromatic nitrogens is 1. The van der Waals surface area contributed by atoms with E-state index in [2.05, 4.69) is 16.4 Å². The average molecular weight is 427 g/mol. The Labute approximate surface area is 176 Å².